The number of hydrogen-bond donors (Lipinski definition) is 3. The van der Waals surface area contributed by atoms with Gasteiger partial charge in [0.2, 0.25) is 0 Å². The van der Waals surface area contributed by atoms with E-state index >= 15 is 0 Å². The monoisotopic (exact) mass is 346 g/mol. The number of hydrogen-bond acceptors (Lipinski definition) is 7. The summed E-state index contributed by atoms with van der Waals surface area (Å²) in [7, 11) is 3.52. The number of nitrogens with one attached hydrogen (secondary N) is 1. The summed E-state index contributed by atoms with van der Waals surface area (Å²) >= 11 is 0. The van der Waals surface area contributed by atoms with Crippen LogP contribution < -0.4 is 5.32 Å². The Morgan fingerprint density at radius 1 is 0.833 bits per heavy atom. The maximum absolute atomic E-state index is 11.3. The predicted molar refractivity (Wildman–Crippen MR) is 90.3 cm³/mol. The molecule has 0 spiro atoms. The van der Waals surface area contributed by atoms with Crippen molar-refractivity contribution in [2.45, 2.75) is 6.92 Å². The van der Waals surface area contributed by atoms with E-state index in [4.69, 9.17) is 10.2 Å². The van der Waals surface area contributed by atoms with Crippen molar-refractivity contribution < 1.29 is 24.6 Å². The topological polar surface area (TPSA) is 113 Å². The molecule has 0 radical (unpaired) electrons. The maximum atomic E-state index is 11.3. The maximum Gasteiger partial charge on any atom is 0.317 e. The van der Waals surface area contributed by atoms with E-state index in [0.29, 0.717) is 39.3 Å². The molecule has 0 aromatic carbocycles. The molecule has 0 amide bonds. The third-order valence-electron chi connectivity index (χ3n) is 3.42. The zero-order chi connectivity index (χ0) is 18.5. The molecule has 0 aliphatic carbocycles. The Hall–Kier alpha value is -1.55. The smallest absolute Gasteiger partial charge is 0.317 e. The molecule has 0 heterocycles. The van der Waals surface area contributed by atoms with Crippen LogP contribution in [0.1, 0.15) is 6.92 Å². The van der Waals surface area contributed by atoms with Gasteiger partial charge in [0.1, 0.15) is 5.78 Å². The minimum absolute atomic E-state index is 0.0667. The Morgan fingerprint density at radius 3 is 1.79 bits per heavy atom. The van der Waals surface area contributed by atoms with Crippen LogP contribution in [0, 0.1) is 0 Å². The molecule has 0 aliphatic heterocycles. The van der Waals surface area contributed by atoms with Crippen LogP contribution in [-0.2, 0) is 14.4 Å². The fourth-order valence-corrected chi connectivity index (χ4v) is 2.22. The summed E-state index contributed by atoms with van der Waals surface area (Å²) in [6.07, 6.45) is 0. The number of carboxylic acid groups (broad SMARTS) is 2. The van der Waals surface area contributed by atoms with Gasteiger partial charge in [-0.2, -0.15) is 0 Å². The van der Waals surface area contributed by atoms with Crippen molar-refractivity contribution in [3.63, 3.8) is 0 Å². The van der Waals surface area contributed by atoms with Crippen LogP contribution in [0.15, 0.2) is 0 Å². The molecule has 0 saturated carbocycles. The lowest BCUT2D eigenvalue weighted by Gasteiger charge is -2.27. The van der Waals surface area contributed by atoms with Gasteiger partial charge >= 0.3 is 11.9 Å². The van der Waals surface area contributed by atoms with E-state index in [9.17, 15) is 14.4 Å². The fraction of sp³-hybridized carbons (Fsp3) is 0.800. The first-order valence-corrected chi connectivity index (χ1v) is 7.95. The van der Waals surface area contributed by atoms with E-state index in [-0.39, 0.29) is 18.9 Å². The Labute approximate surface area is 143 Å². The number of nitrogens with zero attached hydrogens (tertiary/aromatic N) is 3. The van der Waals surface area contributed by atoms with E-state index < -0.39 is 11.9 Å². The highest BCUT2D eigenvalue weighted by Gasteiger charge is 2.14. The largest absolute Gasteiger partial charge is 0.480 e. The van der Waals surface area contributed by atoms with Crippen molar-refractivity contribution in [2.24, 2.45) is 0 Å². The second-order valence-corrected chi connectivity index (χ2v) is 5.88. The van der Waals surface area contributed by atoms with Crippen LogP contribution in [0.3, 0.4) is 0 Å². The van der Waals surface area contributed by atoms with Gasteiger partial charge in [0.05, 0.1) is 19.6 Å². The van der Waals surface area contributed by atoms with E-state index in [1.807, 2.05) is 11.9 Å². The van der Waals surface area contributed by atoms with Crippen molar-refractivity contribution in [1.29, 1.82) is 0 Å². The molecule has 9 nitrogen and oxygen atoms in total. The minimum Gasteiger partial charge on any atom is -0.480 e. The molecule has 140 valence electrons. The molecule has 0 fully saturated rings. The number of aliphatic carboxylic acids is 2. The number of Topliss-reactive ketones (excluding diaryl/α,β-unsaturated/α-hetero) is 1. The number of ketones is 1. The lowest BCUT2D eigenvalue weighted by Crippen LogP contribution is -2.44. The predicted octanol–water partition coefficient (Wildman–Crippen LogP) is -1.50. The summed E-state index contributed by atoms with van der Waals surface area (Å²) in [5.74, 6) is -1.77. The second kappa shape index (κ2) is 12.8. The standard InChI is InChI=1S/C15H30N4O5/c1-13(20)10-18(5-4-16-2)8-9-19(12-15(23)24)7-6-17(3)11-14(21)22/h16H,4-12H2,1-3H3,(H,21,22)(H,23,24). The molecular weight excluding hydrogens is 316 g/mol. The Morgan fingerprint density at radius 2 is 1.33 bits per heavy atom. The van der Waals surface area contributed by atoms with Crippen LogP contribution in [0.5, 0.6) is 0 Å². The van der Waals surface area contributed by atoms with Crippen LogP contribution in [0.4, 0.5) is 0 Å². The van der Waals surface area contributed by atoms with Gasteiger partial charge in [0.15, 0.2) is 0 Å². The molecule has 0 saturated heterocycles. The van der Waals surface area contributed by atoms with Crippen molar-refractivity contribution in [1.82, 2.24) is 20.0 Å². The summed E-state index contributed by atoms with van der Waals surface area (Å²) in [4.78, 5) is 38.3. The molecule has 0 aliphatic rings. The summed E-state index contributed by atoms with van der Waals surface area (Å²) in [5, 5.41) is 20.8. The zero-order valence-electron chi connectivity index (χ0n) is 14.8. The van der Waals surface area contributed by atoms with Gasteiger partial charge in [-0.15, -0.1) is 0 Å². The van der Waals surface area contributed by atoms with Gasteiger partial charge in [0.25, 0.3) is 0 Å². The van der Waals surface area contributed by atoms with Crippen LogP contribution >= 0.6 is 0 Å². The molecule has 0 unspecified atom stereocenters. The Balaban J connectivity index is 4.48. The van der Waals surface area contributed by atoms with E-state index in [1.54, 1.807) is 16.8 Å². The number of likely N-dealkylation sites (N-methyl/N-ethyl adjacent to an activating group) is 2. The molecule has 3 N–H and O–H groups in total. The van der Waals surface area contributed by atoms with Gasteiger partial charge in [-0.3, -0.25) is 29.1 Å². The quantitative estimate of drug-likeness (QED) is 0.326. The molecule has 9 heteroatoms. The molecule has 0 aromatic heterocycles. The van der Waals surface area contributed by atoms with Crippen molar-refractivity contribution in [3.05, 3.63) is 0 Å². The van der Waals surface area contributed by atoms with Crippen molar-refractivity contribution >= 4 is 17.7 Å². The normalized spacial score (nSPS) is 11.4. The molecular formula is C15H30N4O5. The van der Waals surface area contributed by atoms with E-state index in [2.05, 4.69) is 5.32 Å². The van der Waals surface area contributed by atoms with Crippen LogP contribution in [0.2, 0.25) is 0 Å². The lowest BCUT2D eigenvalue weighted by molar-refractivity contribution is -0.140. The number of carboxylic acids is 2. The molecule has 0 aromatic rings. The van der Waals surface area contributed by atoms with Gasteiger partial charge in [0, 0.05) is 39.3 Å². The highest BCUT2D eigenvalue weighted by Crippen LogP contribution is 1.95. The average molecular weight is 346 g/mol. The summed E-state index contributed by atoms with van der Waals surface area (Å²) in [6.45, 7) is 5.12. The summed E-state index contributed by atoms with van der Waals surface area (Å²) < 4.78 is 0. The third-order valence-corrected chi connectivity index (χ3v) is 3.42. The molecule has 0 rings (SSSR count). The summed E-state index contributed by atoms with van der Waals surface area (Å²) in [6, 6.07) is 0. The first kappa shape index (κ1) is 22.4. The van der Waals surface area contributed by atoms with E-state index in [0.717, 1.165) is 6.54 Å². The second-order valence-electron chi connectivity index (χ2n) is 5.88. The first-order chi connectivity index (χ1) is 11.2. The van der Waals surface area contributed by atoms with Gasteiger partial charge in [-0.25, -0.2) is 0 Å². The fourth-order valence-electron chi connectivity index (χ4n) is 2.22. The third kappa shape index (κ3) is 12.9. The first-order valence-electron chi connectivity index (χ1n) is 7.95. The SMILES string of the molecule is CNCCN(CCN(CCN(C)CC(=O)O)CC(=O)O)CC(C)=O. The highest BCUT2D eigenvalue weighted by atomic mass is 16.4. The van der Waals surface area contributed by atoms with Crippen LogP contribution in [-0.4, -0.2) is 116 Å². The van der Waals surface area contributed by atoms with Gasteiger partial charge in [-0.1, -0.05) is 0 Å². The van der Waals surface area contributed by atoms with E-state index in [1.165, 1.54) is 6.92 Å². The number of carbonyl (C=O) groups is 3. The Bertz CT molecular complexity index is 405. The zero-order valence-corrected chi connectivity index (χ0v) is 14.8. The van der Waals surface area contributed by atoms with Gasteiger partial charge in [-0.05, 0) is 21.0 Å². The highest BCUT2D eigenvalue weighted by molar-refractivity contribution is 5.77. The van der Waals surface area contributed by atoms with Crippen molar-refractivity contribution in [3.8, 4) is 0 Å². The lowest BCUT2D eigenvalue weighted by atomic mass is 10.3. The minimum atomic E-state index is -0.927. The molecule has 0 atom stereocenters. The van der Waals surface area contributed by atoms with Gasteiger partial charge < -0.3 is 15.5 Å². The number of rotatable bonds is 15. The summed E-state index contributed by atoms with van der Waals surface area (Å²) in [5.41, 5.74) is 0. The molecule has 0 bridgehead atoms. The van der Waals surface area contributed by atoms with Crippen molar-refractivity contribution in [2.75, 3.05) is 73.0 Å². The molecule has 24 heavy (non-hydrogen) atoms. The average Bonchev–Trinajstić information content (AvgIpc) is 2.45. The Kier molecular flexibility index (Phi) is 12.0. The number of carbonyl (C=O) groups excluding carboxylic acids is 1. The van der Waals surface area contributed by atoms with Crippen LogP contribution in [0.25, 0.3) is 0 Å².